The number of nitrogens with zero attached hydrogens (tertiary/aromatic N) is 1. The lowest BCUT2D eigenvalue weighted by atomic mass is 10.1. The number of carbonyl (C=O) groups excluding carboxylic acids is 1. The van der Waals surface area contributed by atoms with Gasteiger partial charge in [-0.3, -0.25) is 4.79 Å². The normalized spacial score (nSPS) is 12.8. The number of fused-ring (bicyclic) bond motifs is 1. The Kier molecular flexibility index (Phi) is 3.78. The molecule has 4 rings (SSSR count). The highest BCUT2D eigenvalue weighted by Gasteiger charge is 2.18. The molecule has 0 spiro atoms. The molecule has 5 heteroatoms. The average molecular weight is 336 g/mol. The van der Waals surface area contributed by atoms with Crippen LogP contribution in [0.4, 0.5) is 5.69 Å². The van der Waals surface area contributed by atoms with Gasteiger partial charge in [-0.1, -0.05) is 18.2 Å². The summed E-state index contributed by atoms with van der Waals surface area (Å²) in [6, 6.07) is 14.1. The van der Waals surface area contributed by atoms with Gasteiger partial charge in [-0.05, 0) is 35.4 Å². The monoisotopic (exact) mass is 336 g/mol. The van der Waals surface area contributed by atoms with Gasteiger partial charge in [0.25, 0.3) is 0 Å². The number of methoxy groups -OCH3 is 1. The zero-order valence-electron chi connectivity index (χ0n) is 13.2. The van der Waals surface area contributed by atoms with E-state index in [4.69, 9.17) is 9.72 Å². The van der Waals surface area contributed by atoms with Crippen LogP contribution in [0.2, 0.25) is 0 Å². The van der Waals surface area contributed by atoms with E-state index in [-0.39, 0.29) is 5.91 Å². The highest BCUT2D eigenvalue weighted by Crippen LogP contribution is 2.30. The van der Waals surface area contributed by atoms with Crippen molar-refractivity contribution in [3.05, 3.63) is 64.0 Å². The van der Waals surface area contributed by atoms with Crippen molar-refractivity contribution in [2.75, 3.05) is 12.4 Å². The number of aromatic nitrogens is 1. The van der Waals surface area contributed by atoms with Gasteiger partial charge in [0, 0.05) is 23.1 Å². The third-order valence-electron chi connectivity index (χ3n) is 4.09. The van der Waals surface area contributed by atoms with Crippen molar-refractivity contribution >= 4 is 22.9 Å². The summed E-state index contributed by atoms with van der Waals surface area (Å²) >= 11 is 1.66. The fourth-order valence-corrected chi connectivity index (χ4v) is 3.67. The van der Waals surface area contributed by atoms with Crippen LogP contribution in [0, 0.1) is 0 Å². The summed E-state index contributed by atoms with van der Waals surface area (Å²) in [6.45, 7) is 0. The van der Waals surface area contributed by atoms with Crippen LogP contribution in [0.15, 0.2) is 47.8 Å². The fourth-order valence-electron chi connectivity index (χ4n) is 2.83. The molecular formula is C19H16N2O2S. The molecule has 24 heavy (non-hydrogen) atoms. The molecule has 1 N–H and O–H groups in total. The Morgan fingerprint density at radius 2 is 2.04 bits per heavy atom. The van der Waals surface area contributed by atoms with Crippen LogP contribution in [0.3, 0.4) is 0 Å². The second kappa shape index (κ2) is 6.09. The van der Waals surface area contributed by atoms with E-state index in [1.165, 1.54) is 5.56 Å². The summed E-state index contributed by atoms with van der Waals surface area (Å²) in [6.07, 6.45) is 1.26. The SMILES string of the molecule is COc1ccc(Cc2nc(-c3ccc4c(c3)CC(=O)N4)cs2)cc1. The van der Waals surface area contributed by atoms with Gasteiger partial charge >= 0.3 is 0 Å². The van der Waals surface area contributed by atoms with Crippen molar-refractivity contribution in [3.63, 3.8) is 0 Å². The van der Waals surface area contributed by atoms with Crippen molar-refractivity contribution in [1.82, 2.24) is 4.98 Å². The quantitative estimate of drug-likeness (QED) is 0.786. The summed E-state index contributed by atoms with van der Waals surface area (Å²) in [5.74, 6) is 0.917. The molecular weight excluding hydrogens is 320 g/mol. The van der Waals surface area contributed by atoms with Crippen LogP contribution >= 0.6 is 11.3 Å². The van der Waals surface area contributed by atoms with Crippen molar-refractivity contribution in [2.45, 2.75) is 12.8 Å². The Morgan fingerprint density at radius 1 is 1.21 bits per heavy atom. The molecule has 0 aliphatic carbocycles. The molecule has 2 aromatic carbocycles. The maximum Gasteiger partial charge on any atom is 0.228 e. The molecule has 2 heterocycles. The molecule has 3 aromatic rings. The first kappa shape index (κ1) is 14.9. The minimum absolute atomic E-state index is 0.0561. The molecule has 120 valence electrons. The molecule has 0 bridgehead atoms. The van der Waals surface area contributed by atoms with Gasteiger partial charge in [-0.2, -0.15) is 0 Å². The molecule has 0 atom stereocenters. The lowest BCUT2D eigenvalue weighted by Crippen LogP contribution is -2.03. The number of thiazole rings is 1. The highest BCUT2D eigenvalue weighted by atomic mass is 32.1. The van der Waals surface area contributed by atoms with Crippen LogP contribution in [0.1, 0.15) is 16.1 Å². The molecule has 4 nitrogen and oxygen atoms in total. The maximum atomic E-state index is 11.5. The van der Waals surface area contributed by atoms with Gasteiger partial charge in [-0.15, -0.1) is 11.3 Å². The van der Waals surface area contributed by atoms with Gasteiger partial charge in [0.2, 0.25) is 5.91 Å². The maximum absolute atomic E-state index is 11.5. The summed E-state index contributed by atoms with van der Waals surface area (Å²) in [7, 11) is 1.67. The van der Waals surface area contributed by atoms with Crippen molar-refractivity contribution < 1.29 is 9.53 Å². The Labute approximate surface area is 144 Å². The van der Waals surface area contributed by atoms with E-state index in [2.05, 4.69) is 28.9 Å². The minimum atomic E-state index is 0.0561. The van der Waals surface area contributed by atoms with Gasteiger partial charge < -0.3 is 10.1 Å². The van der Waals surface area contributed by atoms with Crippen molar-refractivity contribution in [2.24, 2.45) is 0 Å². The summed E-state index contributed by atoms with van der Waals surface area (Å²) in [5.41, 5.74) is 5.19. The fraction of sp³-hybridized carbons (Fsp3) is 0.158. The number of nitrogens with one attached hydrogen (secondary N) is 1. The Hall–Kier alpha value is -2.66. The Bertz CT molecular complexity index is 900. The molecule has 1 aliphatic rings. The van der Waals surface area contributed by atoms with E-state index < -0.39 is 0 Å². The summed E-state index contributed by atoms with van der Waals surface area (Å²) in [5, 5.41) is 6.00. The van der Waals surface area contributed by atoms with Crippen LogP contribution < -0.4 is 10.1 Å². The third kappa shape index (κ3) is 2.90. The van der Waals surface area contributed by atoms with Crippen molar-refractivity contribution in [1.29, 1.82) is 0 Å². The second-order valence-electron chi connectivity index (χ2n) is 5.75. The largest absolute Gasteiger partial charge is 0.497 e. The molecule has 0 fully saturated rings. The van der Waals surface area contributed by atoms with E-state index in [1.54, 1.807) is 18.4 Å². The predicted molar refractivity (Wildman–Crippen MR) is 95.7 cm³/mol. The van der Waals surface area contributed by atoms with E-state index in [0.717, 1.165) is 39.7 Å². The van der Waals surface area contributed by atoms with Crippen LogP contribution in [-0.2, 0) is 17.6 Å². The zero-order valence-corrected chi connectivity index (χ0v) is 14.0. The lowest BCUT2D eigenvalue weighted by molar-refractivity contribution is -0.115. The first-order chi connectivity index (χ1) is 11.7. The number of carbonyl (C=O) groups is 1. The third-order valence-corrected chi connectivity index (χ3v) is 4.94. The van der Waals surface area contributed by atoms with Crippen LogP contribution in [0.5, 0.6) is 5.75 Å². The zero-order chi connectivity index (χ0) is 16.5. The number of ether oxygens (including phenoxy) is 1. The molecule has 1 aromatic heterocycles. The molecule has 1 aliphatic heterocycles. The van der Waals surface area contributed by atoms with Gasteiger partial charge in [0.05, 0.1) is 24.2 Å². The second-order valence-corrected chi connectivity index (χ2v) is 6.69. The Morgan fingerprint density at radius 3 is 2.83 bits per heavy atom. The number of amides is 1. The van der Waals surface area contributed by atoms with Crippen LogP contribution in [0.25, 0.3) is 11.3 Å². The van der Waals surface area contributed by atoms with E-state index in [1.807, 2.05) is 24.3 Å². The topological polar surface area (TPSA) is 51.2 Å². The summed E-state index contributed by atoms with van der Waals surface area (Å²) < 4.78 is 5.18. The first-order valence-corrected chi connectivity index (χ1v) is 8.60. The van der Waals surface area contributed by atoms with Gasteiger partial charge in [0.1, 0.15) is 5.75 Å². The van der Waals surface area contributed by atoms with E-state index in [0.29, 0.717) is 6.42 Å². The number of benzene rings is 2. The number of hydrogen-bond donors (Lipinski definition) is 1. The number of anilines is 1. The molecule has 0 saturated heterocycles. The van der Waals surface area contributed by atoms with E-state index >= 15 is 0 Å². The Balaban J connectivity index is 1.54. The van der Waals surface area contributed by atoms with Crippen LogP contribution in [-0.4, -0.2) is 18.0 Å². The highest BCUT2D eigenvalue weighted by molar-refractivity contribution is 7.10. The lowest BCUT2D eigenvalue weighted by Gasteiger charge is -2.02. The smallest absolute Gasteiger partial charge is 0.228 e. The average Bonchev–Trinajstić information content (AvgIpc) is 3.20. The van der Waals surface area contributed by atoms with Crippen molar-refractivity contribution in [3.8, 4) is 17.0 Å². The first-order valence-electron chi connectivity index (χ1n) is 7.72. The molecule has 1 amide bonds. The van der Waals surface area contributed by atoms with Gasteiger partial charge in [0.15, 0.2) is 0 Å². The number of rotatable bonds is 4. The van der Waals surface area contributed by atoms with E-state index in [9.17, 15) is 4.79 Å². The molecule has 0 radical (unpaired) electrons. The molecule has 0 unspecified atom stereocenters. The molecule has 0 saturated carbocycles. The predicted octanol–water partition coefficient (Wildman–Crippen LogP) is 3.90. The number of hydrogen-bond acceptors (Lipinski definition) is 4. The summed E-state index contributed by atoms with van der Waals surface area (Å²) in [4.78, 5) is 16.2. The van der Waals surface area contributed by atoms with Gasteiger partial charge in [-0.25, -0.2) is 4.98 Å². The standard InChI is InChI=1S/C19H16N2O2S/c1-23-15-5-2-12(3-6-15)8-19-21-17(11-24-19)13-4-7-16-14(9-13)10-18(22)20-16/h2-7,9,11H,8,10H2,1H3,(H,20,22). The minimum Gasteiger partial charge on any atom is -0.497 e.